The molecule has 0 saturated heterocycles. The minimum Gasteiger partial charge on any atom is -0.462 e. The second-order valence-corrected chi connectivity index (χ2v) is 22.4. The Morgan fingerprint density at radius 1 is 0.266 bits per heavy atom. The molecule has 0 aliphatic rings. The molecule has 6 nitrogen and oxygen atoms in total. The van der Waals surface area contributed by atoms with Crippen LogP contribution in [-0.2, 0) is 28.6 Å². The molecule has 454 valence electrons. The first-order chi connectivity index (χ1) is 39.0. The molecule has 6 heteroatoms. The molecule has 0 heterocycles. The Morgan fingerprint density at radius 3 is 0.810 bits per heavy atom. The van der Waals surface area contributed by atoms with E-state index in [-0.39, 0.29) is 37.5 Å². The van der Waals surface area contributed by atoms with Crippen LogP contribution in [0.25, 0.3) is 0 Å². The van der Waals surface area contributed by atoms with Gasteiger partial charge in [0.15, 0.2) is 6.10 Å². The van der Waals surface area contributed by atoms with Crippen LogP contribution in [0.2, 0.25) is 0 Å². The van der Waals surface area contributed by atoms with Crippen LogP contribution in [0.5, 0.6) is 0 Å². The zero-order chi connectivity index (χ0) is 57.1. The average Bonchev–Trinajstić information content (AvgIpc) is 3.45. The molecule has 0 amide bonds. The van der Waals surface area contributed by atoms with Crippen molar-refractivity contribution >= 4 is 17.9 Å². The van der Waals surface area contributed by atoms with E-state index in [9.17, 15) is 14.4 Å². The molecule has 0 rings (SSSR count). The molecule has 1 atom stereocenters. The van der Waals surface area contributed by atoms with E-state index in [0.717, 1.165) is 89.9 Å². The fraction of sp³-hybridized carbons (Fsp3) is 0.740. The normalized spacial score (nSPS) is 12.7. The van der Waals surface area contributed by atoms with E-state index < -0.39 is 6.10 Å². The summed E-state index contributed by atoms with van der Waals surface area (Å²) in [7, 11) is 0. The zero-order valence-corrected chi connectivity index (χ0v) is 52.1. The summed E-state index contributed by atoms with van der Waals surface area (Å²) in [5, 5.41) is 0. The summed E-state index contributed by atoms with van der Waals surface area (Å²) in [6.07, 6.45) is 90.0. The Kier molecular flexibility index (Phi) is 63.7. The lowest BCUT2D eigenvalue weighted by atomic mass is 10.0. The lowest BCUT2D eigenvalue weighted by molar-refractivity contribution is -0.167. The quantitative estimate of drug-likeness (QED) is 0.0261. The molecule has 0 spiro atoms. The van der Waals surface area contributed by atoms with Gasteiger partial charge in [-0.3, -0.25) is 14.4 Å². The molecule has 0 aliphatic carbocycles. The Balaban J connectivity index is 4.31. The highest BCUT2D eigenvalue weighted by Gasteiger charge is 2.19. The lowest BCUT2D eigenvalue weighted by Crippen LogP contribution is -2.30. The van der Waals surface area contributed by atoms with Crippen LogP contribution < -0.4 is 0 Å². The van der Waals surface area contributed by atoms with Gasteiger partial charge in [-0.25, -0.2) is 0 Å². The smallest absolute Gasteiger partial charge is 0.306 e. The van der Waals surface area contributed by atoms with Crippen molar-refractivity contribution in [1.82, 2.24) is 0 Å². The molecule has 79 heavy (non-hydrogen) atoms. The molecule has 0 radical (unpaired) electrons. The van der Waals surface area contributed by atoms with Crippen molar-refractivity contribution in [2.45, 2.75) is 335 Å². The molecular formula is C73H126O6. The lowest BCUT2D eigenvalue weighted by Gasteiger charge is -2.18. The van der Waals surface area contributed by atoms with E-state index in [1.54, 1.807) is 0 Å². The van der Waals surface area contributed by atoms with Gasteiger partial charge in [0.05, 0.1) is 0 Å². The summed E-state index contributed by atoms with van der Waals surface area (Å²) in [5.41, 5.74) is 0. The number of hydrogen-bond acceptors (Lipinski definition) is 6. The molecule has 0 aromatic carbocycles. The van der Waals surface area contributed by atoms with Gasteiger partial charge >= 0.3 is 17.9 Å². The van der Waals surface area contributed by atoms with Gasteiger partial charge in [-0.2, -0.15) is 0 Å². The topological polar surface area (TPSA) is 78.9 Å². The van der Waals surface area contributed by atoms with Crippen molar-refractivity contribution < 1.29 is 28.6 Å². The van der Waals surface area contributed by atoms with Crippen LogP contribution in [0.15, 0.2) is 97.2 Å². The first-order valence-corrected chi connectivity index (χ1v) is 33.7. The third kappa shape index (κ3) is 65.0. The van der Waals surface area contributed by atoms with E-state index in [1.165, 1.54) is 193 Å². The van der Waals surface area contributed by atoms with Gasteiger partial charge in [0.1, 0.15) is 13.2 Å². The highest BCUT2D eigenvalue weighted by Crippen LogP contribution is 2.17. The molecule has 0 aliphatic heterocycles. The van der Waals surface area contributed by atoms with Crippen molar-refractivity contribution in [3.8, 4) is 0 Å². The van der Waals surface area contributed by atoms with Crippen molar-refractivity contribution in [1.29, 1.82) is 0 Å². The first kappa shape index (κ1) is 75.3. The Labute approximate surface area is 489 Å². The summed E-state index contributed by atoms with van der Waals surface area (Å²) < 4.78 is 16.9. The predicted octanol–water partition coefficient (Wildman–Crippen LogP) is 23.2. The molecule has 0 aromatic rings. The van der Waals surface area contributed by atoms with Crippen molar-refractivity contribution in [2.24, 2.45) is 0 Å². The van der Waals surface area contributed by atoms with Crippen molar-refractivity contribution in [2.75, 3.05) is 13.2 Å². The molecule has 0 saturated carbocycles. The number of rotatable bonds is 61. The standard InChI is InChI=1S/C73H126O6/c1-4-7-10-13-16-19-22-25-28-30-31-32-33-34-35-36-37-38-39-40-41-43-45-48-51-54-57-60-63-66-72(75)78-69-70(68-77-71(74)65-62-59-56-53-50-47-44-27-24-21-18-15-12-9-6-3)79-73(76)67-64-61-58-55-52-49-46-42-29-26-23-20-17-14-11-8-5-2/h8,11,17,20,22,25-26,29-31,33-34,46,49,55,58,70H,4-7,9-10,12-16,18-19,21,23-24,27-28,32,35-45,47-48,50-54,56-57,59-69H2,1-3H3/b11-8-,20-17-,25-22-,29-26-,31-30-,34-33-,49-46-,58-55-. The van der Waals surface area contributed by atoms with Gasteiger partial charge in [0.2, 0.25) is 0 Å². The maximum Gasteiger partial charge on any atom is 0.306 e. The summed E-state index contributed by atoms with van der Waals surface area (Å²) in [6.45, 7) is 6.50. The van der Waals surface area contributed by atoms with Gasteiger partial charge in [-0.1, -0.05) is 311 Å². The molecular weight excluding hydrogens is 973 g/mol. The van der Waals surface area contributed by atoms with E-state index in [1.807, 2.05) is 0 Å². The fourth-order valence-corrected chi connectivity index (χ4v) is 9.55. The average molecular weight is 1100 g/mol. The minimum atomic E-state index is -0.807. The fourth-order valence-electron chi connectivity index (χ4n) is 9.55. The van der Waals surface area contributed by atoms with Crippen LogP contribution in [0.1, 0.15) is 329 Å². The van der Waals surface area contributed by atoms with E-state index in [2.05, 4.69) is 118 Å². The van der Waals surface area contributed by atoms with Crippen LogP contribution in [-0.4, -0.2) is 37.2 Å². The number of carbonyl (C=O) groups is 3. The molecule has 0 aromatic heterocycles. The van der Waals surface area contributed by atoms with Crippen LogP contribution in [0, 0.1) is 0 Å². The van der Waals surface area contributed by atoms with Gasteiger partial charge in [0.25, 0.3) is 0 Å². The van der Waals surface area contributed by atoms with Crippen LogP contribution in [0.3, 0.4) is 0 Å². The Hall–Kier alpha value is -3.67. The highest BCUT2D eigenvalue weighted by atomic mass is 16.6. The molecule has 0 bridgehead atoms. The molecule has 0 fully saturated rings. The third-order valence-electron chi connectivity index (χ3n) is 14.6. The van der Waals surface area contributed by atoms with Crippen molar-refractivity contribution in [3.63, 3.8) is 0 Å². The number of ether oxygens (including phenoxy) is 3. The predicted molar refractivity (Wildman–Crippen MR) is 344 cm³/mol. The summed E-state index contributed by atoms with van der Waals surface area (Å²) in [4.78, 5) is 38.3. The molecule has 0 N–H and O–H groups in total. The number of esters is 3. The van der Waals surface area contributed by atoms with Gasteiger partial charge < -0.3 is 14.2 Å². The Morgan fingerprint density at radius 2 is 0.506 bits per heavy atom. The summed E-state index contributed by atoms with van der Waals surface area (Å²) in [6, 6.07) is 0. The second kappa shape index (κ2) is 66.8. The van der Waals surface area contributed by atoms with E-state index >= 15 is 0 Å². The largest absolute Gasteiger partial charge is 0.462 e. The van der Waals surface area contributed by atoms with Crippen LogP contribution in [0.4, 0.5) is 0 Å². The molecule has 1 unspecified atom stereocenters. The summed E-state index contributed by atoms with van der Waals surface area (Å²) in [5.74, 6) is -0.943. The third-order valence-corrected chi connectivity index (χ3v) is 14.6. The van der Waals surface area contributed by atoms with E-state index in [4.69, 9.17) is 14.2 Å². The first-order valence-electron chi connectivity index (χ1n) is 33.7. The van der Waals surface area contributed by atoms with Crippen molar-refractivity contribution in [3.05, 3.63) is 97.2 Å². The van der Waals surface area contributed by atoms with Gasteiger partial charge in [0, 0.05) is 19.3 Å². The van der Waals surface area contributed by atoms with Crippen LogP contribution >= 0.6 is 0 Å². The zero-order valence-electron chi connectivity index (χ0n) is 52.1. The number of allylic oxidation sites excluding steroid dienone is 16. The second-order valence-electron chi connectivity index (χ2n) is 22.4. The summed E-state index contributed by atoms with van der Waals surface area (Å²) >= 11 is 0. The SMILES string of the molecule is CC/C=C\C/C=C\C/C=C\C/C=C\C/C=C\CCCC(=O)OC(COC(=O)CCCCCCCCCCCCCCCCC)COC(=O)CCCCCCCCCCCCCCCC/C=C\C/C=C\C/C=C\CCCCCCC. The minimum absolute atomic E-state index is 0.0970. The maximum absolute atomic E-state index is 12.9. The van der Waals surface area contributed by atoms with Gasteiger partial charge in [-0.15, -0.1) is 0 Å². The number of unbranched alkanes of at least 4 members (excludes halogenated alkanes) is 34. The number of hydrogen-bond donors (Lipinski definition) is 0. The monoisotopic (exact) mass is 1100 g/mol. The Bertz CT molecular complexity index is 1540. The maximum atomic E-state index is 12.9. The van der Waals surface area contributed by atoms with Gasteiger partial charge in [-0.05, 0) is 96.3 Å². The highest BCUT2D eigenvalue weighted by molar-refractivity contribution is 5.71. The number of carbonyl (C=O) groups excluding carboxylic acids is 3. The van der Waals surface area contributed by atoms with E-state index in [0.29, 0.717) is 19.3 Å².